The molecule has 1 aromatic carbocycles. The third-order valence-electron chi connectivity index (χ3n) is 4.51. The summed E-state index contributed by atoms with van der Waals surface area (Å²) in [5, 5.41) is 0.987. The van der Waals surface area contributed by atoms with Crippen LogP contribution in [0, 0.1) is 0 Å². The number of nitrogens with zero attached hydrogens (tertiary/aromatic N) is 2. The van der Waals surface area contributed by atoms with E-state index in [2.05, 4.69) is 56.1 Å². The van der Waals surface area contributed by atoms with Crippen LogP contribution < -0.4 is 0 Å². The Hall–Kier alpha value is -0.870. The Bertz CT molecular complexity index is 465. The van der Waals surface area contributed by atoms with Crippen LogP contribution in [0.2, 0.25) is 0 Å². The van der Waals surface area contributed by atoms with Crippen LogP contribution in [0.5, 0.6) is 0 Å². The van der Waals surface area contributed by atoms with Crippen LogP contribution in [0.1, 0.15) is 24.3 Å². The topological polar surface area (TPSA) is 23.6 Å². The highest BCUT2D eigenvalue weighted by Gasteiger charge is 2.35. The molecular formula is C16H21BrN2O. The summed E-state index contributed by atoms with van der Waals surface area (Å²) in [4.78, 5) is 16.3. The van der Waals surface area contributed by atoms with Gasteiger partial charge in [-0.15, -0.1) is 0 Å². The Morgan fingerprint density at radius 3 is 2.80 bits per heavy atom. The minimum Gasteiger partial charge on any atom is -0.337 e. The molecule has 0 bridgehead atoms. The summed E-state index contributed by atoms with van der Waals surface area (Å²) in [5.74, 6) is 0.884. The predicted molar refractivity (Wildman–Crippen MR) is 84.2 cm³/mol. The first-order valence-electron chi connectivity index (χ1n) is 7.40. The molecule has 3 rings (SSSR count). The summed E-state index contributed by atoms with van der Waals surface area (Å²) >= 11 is 3.65. The zero-order valence-electron chi connectivity index (χ0n) is 11.7. The highest BCUT2D eigenvalue weighted by molar-refractivity contribution is 9.09. The molecule has 2 aliphatic rings. The molecule has 0 aromatic heterocycles. The SMILES string of the molecule is O=C1CCC2CN(CC(CBr)c3ccccc3)CCN12. The molecule has 2 atom stereocenters. The summed E-state index contributed by atoms with van der Waals surface area (Å²) in [7, 11) is 0. The van der Waals surface area contributed by atoms with E-state index < -0.39 is 0 Å². The summed E-state index contributed by atoms with van der Waals surface area (Å²) in [5.41, 5.74) is 1.40. The predicted octanol–water partition coefficient (Wildman–Crippen LogP) is 2.47. The van der Waals surface area contributed by atoms with Gasteiger partial charge in [0.2, 0.25) is 5.91 Å². The molecule has 1 aromatic rings. The van der Waals surface area contributed by atoms with E-state index >= 15 is 0 Å². The number of carbonyl (C=O) groups is 1. The van der Waals surface area contributed by atoms with Gasteiger partial charge in [0, 0.05) is 49.9 Å². The van der Waals surface area contributed by atoms with Crippen LogP contribution in [0.15, 0.2) is 30.3 Å². The number of halogens is 1. The summed E-state index contributed by atoms with van der Waals surface area (Å²) < 4.78 is 0. The molecule has 20 heavy (non-hydrogen) atoms. The Morgan fingerprint density at radius 2 is 2.05 bits per heavy atom. The number of amides is 1. The van der Waals surface area contributed by atoms with Crippen molar-refractivity contribution in [2.75, 3.05) is 31.5 Å². The number of alkyl halides is 1. The van der Waals surface area contributed by atoms with E-state index in [0.717, 1.165) is 44.4 Å². The van der Waals surface area contributed by atoms with E-state index in [1.54, 1.807) is 0 Å². The molecule has 2 unspecified atom stereocenters. The molecular weight excluding hydrogens is 316 g/mol. The van der Waals surface area contributed by atoms with Crippen molar-refractivity contribution in [2.45, 2.75) is 24.8 Å². The Labute approximate surface area is 129 Å². The van der Waals surface area contributed by atoms with E-state index in [1.807, 2.05) is 0 Å². The monoisotopic (exact) mass is 336 g/mol. The minimum absolute atomic E-state index is 0.356. The molecule has 0 N–H and O–H groups in total. The van der Waals surface area contributed by atoms with Gasteiger partial charge in [-0.05, 0) is 12.0 Å². The normalized spacial score (nSPS) is 24.8. The van der Waals surface area contributed by atoms with Crippen molar-refractivity contribution in [2.24, 2.45) is 0 Å². The standard InChI is InChI=1S/C16H21BrN2O/c17-10-14(13-4-2-1-3-5-13)11-18-8-9-19-15(12-18)6-7-16(19)20/h1-5,14-15H,6-12H2. The van der Waals surface area contributed by atoms with Gasteiger partial charge in [0.25, 0.3) is 0 Å². The average Bonchev–Trinajstić information content (AvgIpc) is 2.86. The molecule has 0 spiro atoms. The number of hydrogen-bond donors (Lipinski definition) is 0. The molecule has 2 fully saturated rings. The van der Waals surface area contributed by atoms with Gasteiger partial charge in [0.05, 0.1) is 0 Å². The van der Waals surface area contributed by atoms with Crippen LogP contribution in [-0.4, -0.2) is 53.3 Å². The lowest BCUT2D eigenvalue weighted by Crippen LogP contribution is -2.52. The van der Waals surface area contributed by atoms with E-state index in [9.17, 15) is 4.79 Å². The fraction of sp³-hybridized carbons (Fsp3) is 0.562. The Kier molecular flexibility index (Phi) is 4.41. The molecule has 2 saturated heterocycles. The second-order valence-electron chi connectivity index (χ2n) is 5.80. The maximum atomic E-state index is 11.7. The molecule has 108 valence electrons. The zero-order valence-corrected chi connectivity index (χ0v) is 13.3. The van der Waals surface area contributed by atoms with Gasteiger partial charge in [-0.25, -0.2) is 0 Å². The van der Waals surface area contributed by atoms with Crippen molar-refractivity contribution < 1.29 is 4.79 Å². The molecule has 0 aliphatic carbocycles. The van der Waals surface area contributed by atoms with Crippen LogP contribution in [-0.2, 0) is 4.79 Å². The van der Waals surface area contributed by atoms with E-state index in [1.165, 1.54) is 5.56 Å². The Balaban J connectivity index is 1.62. The van der Waals surface area contributed by atoms with E-state index in [-0.39, 0.29) is 0 Å². The van der Waals surface area contributed by atoms with Crippen molar-refractivity contribution in [1.29, 1.82) is 0 Å². The second kappa shape index (κ2) is 6.27. The first-order chi connectivity index (χ1) is 9.78. The summed E-state index contributed by atoms with van der Waals surface area (Å²) in [6.07, 6.45) is 1.79. The molecule has 2 heterocycles. The van der Waals surface area contributed by atoms with Gasteiger partial charge in [0.15, 0.2) is 0 Å². The minimum atomic E-state index is 0.356. The van der Waals surface area contributed by atoms with Gasteiger partial charge in [-0.1, -0.05) is 46.3 Å². The summed E-state index contributed by atoms with van der Waals surface area (Å²) in [6.45, 7) is 4.04. The maximum Gasteiger partial charge on any atom is 0.222 e. The van der Waals surface area contributed by atoms with Crippen molar-refractivity contribution in [3.05, 3.63) is 35.9 Å². The average molecular weight is 337 g/mol. The number of carbonyl (C=O) groups excluding carboxylic acids is 1. The lowest BCUT2D eigenvalue weighted by atomic mass is 10.00. The Morgan fingerprint density at radius 1 is 1.25 bits per heavy atom. The quantitative estimate of drug-likeness (QED) is 0.788. The molecule has 0 saturated carbocycles. The lowest BCUT2D eigenvalue weighted by Gasteiger charge is -2.39. The largest absolute Gasteiger partial charge is 0.337 e. The molecule has 0 radical (unpaired) electrons. The van der Waals surface area contributed by atoms with Crippen molar-refractivity contribution >= 4 is 21.8 Å². The van der Waals surface area contributed by atoms with Gasteiger partial charge < -0.3 is 4.90 Å². The number of rotatable bonds is 4. The van der Waals surface area contributed by atoms with Crippen LogP contribution >= 0.6 is 15.9 Å². The fourth-order valence-corrected chi connectivity index (χ4v) is 3.95. The van der Waals surface area contributed by atoms with Gasteiger partial charge >= 0.3 is 0 Å². The third kappa shape index (κ3) is 2.91. The molecule has 1 amide bonds. The van der Waals surface area contributed by atoms with Crippen LogP contribution in [0.3, 0.4) is 0 Å². The molecule has 3 nitrogen and oxygen atoms in total. The van der Waals surface area contributed by atoms with Crippen molar-refractivity contribution in [1.82, 2.24) is 9.80 Å². The highest BCUT2D eigenvalue weighted by Crippen LogP contribution is 2.25. The van der Waals surface area contributed by atoms with Crippen molar-refractivity contribution in [3.8, 4) is 0 Å². The van der Waals surface area contributed by atoms with Gasteiger partial charge in [0.1, 0.15) is 0 Å². The first kappa shape index (κ1) is 14.1. The lowest BCUT2D eigenvalue weighted by molar-refractivity contribution is -0.130. The van der Waals surface area contributed by atoms with Crippen LogP contribution in [0.25, 0.3) is 0 Å². The molecule has 4 heteroatoms. The van der Waals surface area contributed by atoms with Gasteiger partial charge in [-0.2, -0.15) is 0 Å². The van der Waals surface area contributed by atoms with E-state index in [4.69, 9.17) is 0 Å². The second-order valence-corrected chi connectivity index (χ2v) is 6.45. The number of hydrogen-bond acceptors (Lipinski definition) is 2. The maximum absolute atomic E-state index is 11.7. The number of benzene rings is 1. The first-order valence-corrected chi connectivity index (χ1v) is 8.53. The number of fused-ring (bicyclic) bond motifs is 1. The van der Waals surface area contributed by atoms with Crippen molar-refractivity contribution in [3.63, 3.8) is 0 Å². The smallest absolute Gasteiger partial charge is 0.222 e. The summed E-state index contributed by atoms with van der Waals surface area (Å²) in [6, 6.07) is 11.2. The molecule has 2 aliphatic heterocycles. The zero-order chi connectivity index (χ0) is 13.9. The fourth-order valence-electron chi connectivity index (χ4n) is 3.37. The van der Waals surface area contributed by atoms with E-state index in [0.29, 0.717) is 17.9 Å². The number of piperazine rings is 1. The van der Waals surface area contributed by atoms with Crippen LogP contribution in [0.4, 0.5) is 0 Å². The third-order valence-corrected chi connectivity index (χ3v) is 5.30. The van der Waals surface area contributed by atoms with Gasteiger partial charge in [-0.3, -0.25) is 9.69 Å². The highest BCUT2D eigenvalue weighted by atomic mass is 79.9.